The maximum atomic E-state index is 4.25. The van der Waals surface area contributed by atoms with Crippen LogP contribution in [0, 0.1) is 0 Å². The van der Waals surface area contributed by atoms with Crippen LogP contribution < -0.4 is 0 Å². The van der Waals surface area contributed by atoms with E-state index in [2.05, 4.69) is 37.6 Å². The minimum atomic E-state index is 0.404. The molecule has 0 amide bonds. The molecule has 0 saturated carbocycles. The number of rotatable bonds is 3. The molecule has 60 valence electrons. The Bertz CT molecular complexity index is 106. The second-order valence-electron chi connectivity index (χ2n) is 3.12. The van der Waals surface area contributed by atoms with E-state index in [4.69, 9.17) is 0 Å². The fourth-order valence-electron chi connectivity index (χ4n) is 0.372. The van der Waals surface area contributed by atoms with Crippen molar-refractivity contribution in [3.8, 4) is 0 Å². The first-order chi connectivity index (χ1) is 4.54. The smallest absolute Gasteiger partial charge is 0.0852 e. The number of nitrogens with zero attached hydrogens (tertiary/aromatic N) is 2. The van der Waals surface area contributed by atoms with E-state index in [9.17, 15) is 0 Å². The molecular weight excluding hydrogens is 124 g/mol. The van der Waals surface area contributed by atoms with Gasteiger partial charge in [0.2, 0.25) is 0 Å². The van der Waals surface area contributed by atoms with E-state index in [-0.39, 0.29) is 0 Å². The molecule has 0 unspecified atom stereocenters. The largest absolute Gasteiger partial charge is 0.364 e. The molecule has 0 heterocycles. The summed E-state index contributed by atoms with van der Waals surface area (Å²) in [6.07, 6.45) is 1.90. The lowest BCUT2D eigenvalue weighted by molar-refractivity contribution is 0.427. The van der Waals surface area contributed by atoms with E-state index in [1.165, 1.54) is 0 Å². The molecule has 0 saturated heterocycles. The van der Waals surface area contributed by atoms with Crippen molar-refractivity contribution in [2.75, 3.05) is 7.05 Å². The van der Waals surface area contributed by atoms with Crippen molar-refractivity contribution in [3.05, 3.63) is 0 Å². The van der Waals surface area contributed by atoms with E-state index < -0.39 is 0 Å². The third kappa shape index (κ3) is 4.36. The maximum absolute atomic E-state index is 4.25. The minimum Gasteiger partial charge on any atom is -0.364 e. The zero-order chi connectivity index (χ0) is 8.15. The molecule has 0 bridgehead atoms. The van der Waals surface area contributed by atoms with Crippen molar-refractivity contribution in [2.24, 2.45) is 4.99 Å². The molecule has 0 atom stereocenters. The van der Waals surface area contributed by atoms with Gasteiger partial charge in [-0.1, -0.05) is 0 Å². The summed E-state index contributed by atoms with van der Waals surface area (Å²) in [6.45, 7) is 8.44. The van der Waals surface area contributed by atoms with Gasteiger partial charge in [0, 0.05) is 19.1 Å². The lowest BCUT2D eigenvalue weighted by Crippen LogP contribution is -2.24. The van der Waals surface area contributed by atoms with Crippen molar-refractivity contribution >= 4 is 6.34 Å². The van der Waals surface area contributed by atoms with Crippen molar-refractivity contribution in [1.82, 2.24) is 4.90 Å². The Morgan fingerprint density at radius 2 is 1.70 bits per heavy atom. The van der Waals surface area contributed by atoms with Crippen molar-refractivity contribution < 1.29 is 0 Å². The Morgan fingerprint density at radius 3 is 2.00 bits per heavy atom. The second kappa shape index (κ2) is 4.31. The lowest BCUT2D eigenvalue weighted by atomic mass is 10.4. The standard InChI is InChI=1S/C8H18N2/c1-7(2)9-6-10(5)8(3)4/h6-8H,1-5H3/b9-6+. The highest BCUT2D eigenvalue weighted by Gasteiger charge is 1.95. The van der Waals surface area contributed by atoms with E-state index in [0.29, 0.717) is 12.1 Å². The van der Waals surface area contributed by atoms with Crippen LogP contribution in [-0.2, 0) is 0 Å². The molecule has 0 aromatic rings. The third-order valence-corrected chi connectivity index (χ3v) is 1.36. The van der Waals surface area contributed by atoms with Gasteiger partial charge in [0.05, 0.1) is 6.34 Å². The van der Waals surface area contributed by atoms with E-state index in [1.54, 1.807) is 0 Å². The molecule has 2 heteroatoms. The Hall–Kier alpha value is -0.530. The van der Waals surface area contributed by atoms with Crippen LogP contribution in [0.1, 0.15) is 27.7 Å². The summed E-state index contributed by atoms with van der Waals surface area (Å²) in [5, 5.41) is 0. The molecule has 0 spiro atoms. The van der Waals surface area contributed by atoms with Gasteiger partial charge in [-0.15, -0.1) is 0 Å². The summed E-state index contributed by atoms with van der Waals surface area (Å²) in [7, 11) is 2.04. The fourth-order valence-corrected chi connectivity index (χ4v) is 0.372. The van der Waals surface area contributed by atoms with Gasteiger partial charge in [-0.3, -0.25) is 4.99 Å². The molecule has 0 N–H and O–H groups in total. The summed E-state index contributed by atoms with van der Waals surface area (Å²) in [5.74, 6) is 0. The Labute approximate surface area is 63.9 Å². The van der Waals surface area contributed by atoms with Crippen LogP contribution in [0.25, 0.3) is 0 Å². The quantitative estimate of drug-likeness (QED) is 0.433. The normalized spacial score (nSPS) is 11.9. The Morgan fingerprint density at radius 1 is 1.20 bits per heavy atom. The van der Waals surface area contributed by atoms with Crippen LogP contribution in [0.5, 0.6) is 0 Å². The molecule has 0 aromatic heterocycles. The van der Waals surface area contributed by atoms with Gasteiger partial charge >= 0.3 is 0 Å². The topological polar surface area (TPSA) is 15.6 Å². The van der Waals surface area contributed by atoms with Crippen LogP contribution >= 0.6 is 0 Å². The highest BCUT2D eigenvalue weighted by Crippen LogP contribution is 1.90. The van der Waals surface area contributed by atoms with Gasteiger partial charge in [-0.2, -0.15) is 0 Å². The summed E-state index contributed by atoms with van der Waals surface area (Å²) in [4.78, 5) is 6.34. The molecule has 2 nitrogen and oxygen atoms in total. The second-order valence-corrected chi connectivity index (χ2v) is 3.12. The number of hydrogen-bond donors (Lipinski definition) is 0. The minimum absolute atomic E-state index is 0.404. The van der Waals surface area contributed by atoms with Crippen LogP contribution in [0.15, 0.2) is 4.99 Å². The molecular formula is C8H18N2. The van der Waals surface area contributed by atoms with Crippen LogP contribution in [0.2, 0.25) is 0 Å². The summed E-state index contributed by atoms with van der Waals surface area (Å²) >= 11 is 0. The molecule has 0 fully saturated rings. The van der Waals surface area contributed by atoms with Crippen molar-refractivity contribution in [2.45, 2.75) is 39.8 Å². The SMILES string of the molecule is CC(C)/N=C/N(C)C(C)C. The summed E-state index contributed by atoms with van der Waals surface area (Å²) < 4.78 is 0. The molecule has 10 heavy (non-hydrogen) atoms. The summed E-state index contributed by atoms with van der Waals surface area (Å²) in [5.41, 5.74) is 0. The number of aliphatic imine (C=N–C) groups is 1. The number of hydrogen-bond acceptors (Lipinski definition) is 1. The highest BCUT2D eigenvalue weighted by atomic mass is 15.1. The first-order valence-corrected chi connectivity index (χ1v) is 3.79. The third-order valence-electron chi connectivity index (χ3n) is 1.36. The molecule has 0 aliphatic carbocycles. The molecule has 0 aliphatic heterocycles. The molecule has 0 aromatic carbocycles. The maximum Gasteiger partial charge on any atom is 0.0852 e. The van der Waals surface area contributed by atoms with Gasteiger partial charge in [0.15, 0.2) is 0 Å². The summed E-state index contributed by atoms with van der Waals surface area (Å²) in [6, 6.07) is 0.948. The fraction of sp³-hybridized carbons (Fsp3) is 0.875. The molecule has 0 radical (unpaired) electrons. The Balaban J connectivity index is 3.66. The van der Waals surface area contributed by atoms with Gasteiger partial charge < -0.3 is 4.90 Å². The first kappa shape index (κ1) is 9.47. The Kier molecular flexibility index (Phi) is 4.08. The van der Waals surface area contributed by atoms with Crippen LogP contribution in [0.4, 0.5) is 0 Å². The molecule has 0 aliphatic rings. The van der Waals surface area contributed by atoms with Gasteiger partial charge in [-0.05, 0) is 27.7 Å². The first-order valence-electron chi connectivity index (χ1n) is 3.79. The monoisotopic (exact) mass is 142 g/mol. The van der Waals surface area contributed by atoms with Gasteiger partial charge in [-0.25, -0.2) is 0 Å². The van der Waals surface area contributed by atoms with E-state index >= 15 is 0 Å². The van der Waals surface area contributed by atoms with E-state index in [1.807, 2.05) is 13.4 Å². The van der Waals surface area contributed by atoms with Gasteiger partial charge in [0.1, 0.15) is 0 Å². The van der Waals surface area contributed by atoms with Crippen LogP contribution in [-0.4, -0.2) is 30.4 Å². The van der Waals surface area contributed by atoms with Crippen LogP contribution in [0.3, 0.4) is 0 Å². The zero-order valence-electron chi connectivity index (χ0n) is 7.63. The average Bonchev–Trinajstić information content (AvgIpc) is 1.82. The lowest BCUT2D eigenvalue weighted by Gasteiger charge is -2.17. The average molecular weight is 142 g/mol. The van der Waals surface area contributed by atoms with Crippen molar-refractivity contribution in [1.29, 1.82) is 0 Å². The van der Waals surface area contributed by atoms with Crippen molar-refractivity contribution in [3.63, 3.8) is 0 Å². The molecule has 0 rings (SSSR count). The van der Waals surface area contributed by atoms with Gasteiger partial charge in [0.25, 0.3) is 0 Å². The van der Waals surface area contributed by atoms with E-state index in [0.717, 1.165) is 0 Å². The predicted molar refractivity (Wildman–Crippen MR) is 46.5 cm³/mol. The zero-order valence-corrected chi connectivity index (χ0v) is 7.63. The highest BCUT2D eigenvalue weighted by molar-refractivity contribution is 5.54. The predicted octanol–water partition coefficient (Wildman–Crippen LogP) is 1.76.